The van der Waals surface area contributed by atoms with Crippen molar-refractivity contribution < 1.29 is 31.5 Å². The van der Waals surface area contributed by atoms with E-state index in [1.807, 2.05) is 0 Å². The monoisotopic (exact) mass is 416 g/mol. The van der Waals surface area contributed by atoms with Crippen LogP contribution in [0.1, 0.15) is 11.1 Å². The van der Waals surface area contributed by atoms with Crippen molar-refractivity contribution >= 4 is 23.7 Å². The molecular formula is C18H13F5N2O2S. The van der Waals surface area contributed by atoms with Gasteiger partial charge in [0, 0.05) is 4.90 Å². The summed E-state index contributed by atoms with van der Waals surface area (Å²) in [6.07, 6.45) is -5.06. The van der Waals surface area contributed by atoms with E-state index in [-0.39, 0.29) is 4.90 Å². The van der Waals surface area contributed by atoms with Crippen molar-refractivity contribution in [1.29, 1.82) is 0 Å². The van der Waals surface area contributed by atoms with Crippen LogP contribution in [0.5, 0.6) is 0 Å². The number of imide groups is 1. The van der Waals surface area contributed by atoms with E-state index in [0.29, 0.717) is 22.2 Å². The van der Waals surface area contributed by atoms with Gasteiger partial charge in [-0.1, -0.05) is 54.2 Å². The second-order valence-electron chi connectivity index (χ2n) is 5.96. The van der Waals surface area contributed by atoms with Crippen molar-refractivity contribution in [2.75, 3.05) is 0 Å². The number of nitrogens with zero attached hydrogens (tertiary/aromatic N) is 1. The molecule has 1 unspecified atom stereocenters. The van der Waals surface area contributed by atoms with Crippen LogP contribution in [0.25, 0.3) is 0 Å². The summed E-state index contributed by atoms with van der Waals surface area (Å²) in [6.45, 7) is -0.422. The molecule has 1 atom stereocenters. The fourth-order valence-electron chi connectivity index (χ4n) is 2.92. The molecule has 1 saturated heterocycles. The number of hydrogen-bond donors (Lipinski definition) is 1. The molecule has 1 heterocycles. The number of benzene rings is 2. The Morgan fingerprint density at radius 2 is 1.61 bits per heavy atom. The molecule has 3 rings (SSSR count). The first-order valence-corrected chi connectivity index (χ1v) is 8.83. The van der Waals surface area contributed by atoms with Gasteiger partial charge in [0.05, 0.1) is 6.54 Å². The smallest absolute Gasteiger partial charge is 0.312 e. The molecule has 10 heteroatoms. The topological polar surface area (TPSA) is 49.4 Å². The Kier molecular flexibility index (Phi) is 5.33. The van der Waals surface area contributed by atoms with Crippen molar-refractivity contribution in [3.05, 3.63) is 65.7 Å². The molecule has 2 aromatic rings. The lowest BCUT2D eigenvalue weighted by Gasteiger charge is -2.29. The van der Waals surface area contributed by atoms with Crippen LogP contribution in [0.2, 0.25) is 0 Å². The summed E-state index contributed by atoms with van der Waals surface area (Å²) in [5.74, 6) is -4.06. The van der Waals surface area contributed by atoms with Gasteiger partial charge in [-0.2, -0.15) is 22.0 Å². The molecule has 1 aliphatic rings. The molecule has 148 valence electrons. The summed E-state index contributed by atoms with van der Waals surface area (Å²) in [5.41, 5.74) is -3.24. The Hall–Kier alpha value is -2.62. The summed E-state index contributed by atoms with van der Waals surface area (Å²) < 4.78 is 66.3. The Bertz CT molecular complexity index is 874. The number of rotatable bonds is 5. The van der Waals surface area contributed by atoms with Crippen molar-refractivity contribution in [1.82, 2.24) is 10.2 Å². The molecule has 1 aliphatic heterocycles. The highest BCUT2D eigenvalue weighted by molar-refractivity contribution is 7.99. The molecule has 0 saturated carbocycles. The molecule has 4 nitrogen and oxygen atoms in total. The van der Waals surface area contributed by atoms with E-state index in [2.05, 4.69) is 0 Å². The molecule has 3 amide bonds. The first kappa shape index (κ1) is 20.1. The van der Waals surface area contributed by atoms with Crippen LogP contribution in [0.15, 0.2) is 59.5 Å². The average Bonchev–Trinajstić information content (AvgIpc) is 2.89. The van der Waals surface area contributed by atoms with Crippen molar-refractivity contribution in [3.8, 4) is 0 Å². The van der Waals surface area contributed by atoms with Crippen molar-refractivity contribution in [3.63, 3.8) is 0 Å². The van der Waals surface area contributed by atoms with Gasteiger partial charge >= 0.3 is 12.2 Å². The third kappa shape index (κ3) is 3.56. The third-order valence-electron chi connectivity index (χ3n) is 4.23. The predicted octanol–water partition coefficient (Wildman–Crippen LogP) is 4.51. The van der Waals surface area contributed by atoms with E-state index < -0.39 is 41.5 Å². The van der Waals surface area contributed by atoms with Crippen molar-refractivity contribution in [2.45, 2.75) is 28.9 Å². The second-order valence-corrected chi connectivity index (χ2v) is 7.02. The van der Waals surface area contributed by atoms with Crippen LogP contribution in [0, 0.1) is 0 Å². The highest BCUT2D eigenvalue weighted by atomic mass is 32.2. The average molecular weight is 416 g/mol. The number of carbonyl (C=O) groups excluding carboxylic acids is 2. The van der Waals surface area contributed by atoms with E-state index in [4.69, 9.17) is 0 Å². The number of thioether (sulfide) groups is 1. The molecule has 0 bridgehead atoms. The summed E-state index contributed by atoms with van der Waals surface area (Å²) in [5, 5.41) is 1.79. The second kappa shape index (κ2) is 7.42. The summed E-state index contributed by atoms with van der Waals surface area (Å²) >= 11 is 0.309. The highest BCUT2D eigenvalue weighted by Gasteiger charge is 2.68. The Balaban J connectivity index is 1.90. The highest BCUT2D eigenvalue weighted by Crippen LogP contribution is 2.43. The minimum absolute atomic E-state index is 0.255. The zero-order valence-corrected chi connectivity index (χ0v) is 14.9. The van der Waals surface area contributed by atoms with Gasteiger partial charge in [0.2, 0.25) is 5.54 Å². The molecule has 2 aromatic carbocycles. The number of halogens is 5. The number of alkyl halides is 5. The first-order chi connectivity index (χ1) is 13.1. The Morgan fingerprint density at radius 1 is 1.00 bits per heavy atom. The quantitative estimate of drug-likeness (QED) is 0.443. The van der Waals surface area contributed by atoms with Crippen LogP contribution in [0.4, 0.5) is 26.7 Å². The number of carbonyl (C=O) groups is 2. The van der Waals surface area contributed by atoms with Crippen LogP contribution in [-0.2, 0) is 16.9 Å². The summed E-state index contributed by atoms with van der Waals surface area (Å²) in [6, 6.07) is 10.7. The Morgan fingerprint density at radius 3 is 2.14 bits per heavy atom. The predicted molar refractivity (Wildman–Crippen MR) is 91.6 cm³/mol. The van der Waals surface area contributed by atoms with E-state index in [1.54, 1.807) is 5.32 Å². The SMILES string of the molecule is O=C1NC(c2ccccc2)(C(F)(F)F)C(=O)N1Cc1ccc(SC(F)F)cc1. The van der Waals surface area contributed by atoms with Gasteiger partial charge in [0.1, 0.15) is 0 Å². The van der Waals surface area contributed by atoms with Gasteiger partial charge in [-0.3, -0.25) is 9.69 Å². The number of urea groups is 1. The maximum Gasteiger partial charge on any atom is 0.425 e. The summed E-state index contributed by atoms with van der Waals surface area (Å²) in [4.78, 5) is 25.7. The Labute approximate surface area is 160 Å². The van der Waals surface area contributed by atoms with E-state index in [0.717, 1.165) is 12.1 Å². The van der Waals surface area contributed by atoms with Gasteiger partial charge in [-0.25, -0.2) is 4.79 Å². The molecule has 0 spiro atoms. The van der Waals surface area contributed by atoms with Crippen LogP contribution >= 0.6 is 11.8 Å². The maximum atomic E-state index is 13.9. The lowest BCUT2D eigenvalue weighted by molar-refractivity contribution is -0.198. The molecule has 1 fully saturated rings. The zero-order chi connectivity index (χ0) is 20.5. The molecule has 28 heavy (non-hydrogen) atoms. The molecule has 0 radical (unpaired) electrons. The molecule has 0 aromatic heterocycles. The van der Waals surface area contributed by atoms with Gasteiger partial charge in [0.15, 0.2) is 0 Å². The van der Waals surface area contributed by atoms with Gasteiger partial charge in [-0.05, 0) is 23.3 Å². The zero-order valence-electron chi connectivity index (χ0n) is 14.0. The van der Waals surface area contributed by atoms with Crippen molar-refractivity contribution in [2.24, 2.45) is 0 Å². The molecule has 0 aliphatic carbocycles. The minimum Gasteiger partial charge on any atom is -0.312 e. The molecular weight excluding hydrogens is 403 g/mol. The van der Waals surface area contributed by atoms with Crippen LogP contribution in [-0.4, -0.2) is 28.8 Å². The third-order valence-corrected chi connectivity index (χ3v) is 4.95. The first-order valence-electron chi connectivity index (χ1n) is 7.95. The number of hydrogen-bond acceptors (Lipinski definition) is 3. The van der Waals surface area contributed by atoms with Gasteiger partial charge < -0.3 is 5.32 Å². The lowest BCUT2D eigenvalue weighted by Crippen LogP contribution is -2.55. The van der Waals surface area contributed by atoms with Gasteiger partial charge in [0.25, 0.3) is 11.7 Å². The fourth-order valence-corrected chi connectivity index (χ4v) is 3.42. The van der Waals surface area contributed by atoms with Crippen LogP contribution in [0.3, 0.4) is 0 Å². The largest absolute Gasteiger partial charge is 0.425 e. The van der Waals surface area contributed by atoms with Crippen LogP contribution < -0.4 is 5.32 Å². The fraction of sp³-hybridized carbons (Fsp3) is 0.222. The standard InChI is InChI=1S/C18H13F5N2O2S/c19-15(20)28-13-8-6-11(7-9-13)10-25-14(26)17(18(21,22)23,24-16(25)27)12-4-2-1-3-5-12/h1-9,15H,10H2,(H,24,27). The van der Waals surface area contributed by atoms with Gasteiger partial charge in [-0.15, -0.1) is 0 Å². The lowest BCUT2D eigenvalue weighted by atomic mass is 9.89. The minimum atomic E-state index is -5.06. The number of nitrogens with one attached hydrogen (secondary N) is 1. The summed E-state index contributed by atoms with van der Waals surface area (Å²) in [7, 11) is 0. The van der Waals surface area contributed by atoms with E-state index >= 15 is 0 Å². The van der Waals surface area contributed by atoms with E-state index in [9.17, 15) is 31.5 Å². The number of amides is 3. The maximum absolute atomic E-state index is 13.9. The van der Waals surface area contributed by atoms with E-state index in [1.165, 1.54) is 42.5 Å². The normalized spacial score (nSPS) is 20.0. The molecule has 1 N–H and O–H groups in total.